The van der Waals surface area contributed by atoms with Crippen molar-refractivity contribution in [3.05, 3.63) is 0 Å². The molecule has 22 heavy (non-hydrogen) atoms. The summed E-state index contributed by atoms with van der Waals surface area (Å²) in [6.45, 7) is 9.37. The minimum atomic E-state index is -0.870. The Morgan fingerprint density at radius 2 is 1.91 bits per heavy atom. The summed E-state index contributed by atoms with van der Waals surface area (Å²) in [6.07, 6.45) is 1.38. The lowest BCUT2D eigenvalue weighted by Gasteiger charge is -2.33. The first-order valence-corrected chi connectivity index (χ1v) is 7.75. The molecule has 1 unspecified atom stereocenters. The molecule has 1 rings (SSSR count). The van der Waals surface area contributed by atoms with Gasteiger partial charge in [-0.05, 0) is 40.5 Å². The fraction of sp³-hybridized carbons (Fsp3) is 0.867. The van der Waals surface area contributed by atoms with E-state index in [0.29, 0.717) is 26.2 Å². The number of aliphatic carboxylic acids is 1. The smallest absolute Gasteiger partial charge is 0.410 e. The van der Waals surface area contributed by atoms with Crippen LogP contribution in [0.3, 0.4) is 0 Å². The fourth-order valence-corrected chi connectivity index (χ4v) is 2.12. The number of hydrogen-bond acceptors (Lipinski definition) is 5. The second kappa shape index (κ2) is 8.33. The summed E-state index contributed by atoms with van der Waals surface area (Å²) >= 11 is 0. The monoisotopic (exact) mass is 316 g/mol. The number of hydrogen-bond donors (Lipinski definition) is 2. The molecule has 0 aromatic heterocycles. The van der Waals surface area contributed by atoms with E-state index < -0.39 is 17.6 Å². The first kappa shape index (κ1) is 18.7. The van der Waals surface area contributed by atoms with Gasteiger partial charge in [-0.3, -0.25) is 4.79 Å². The first-order chi connectivity index (χ1) is 10.2. The highest BCUT2D eigenvalue weighted by molar-refractivity contribution is 5.72. The molecule has 0 saturated carbocycles. The van der Waals surface area contributed by atoms with E-state index in [2.05, 4.69) is 5.32 Å². The largest absolute Gasteiger partial charge is 0.480 e. The van der Waals surface area contributed by atoms with Crippen LogP contribution in [0.4, 0.5) is 4.79 Å². The lowest BCUT2D eigenvalue weighted by Crippen LogP contribution is -2.44. The maximum atomic E-state index is 11.9. The first-order valence-electron chi connectivity index (χ1n) is 7.75. The highest BCUT2D eigenvalue weighted by Crippen LogP contribution is 2.17. The maximum absolute atomic E-state index is 11.9. The Kier molecular flexibility index (Phi) is 7.09. The van der Waals surface area contributed by atoms with E-state index in [4.69, 9.17) is 14.6 Å². The van der Waals surface area contributed by atoms with Crippen LogP contribution >= 0.6 is 0 Å². The van der Waals surface area contributed by atoms with Crippen molar-refractivity contribution in [3.63, 3.8) is 0 Å². The number of carbonyl (C=O) groups excluding carboxylic acids is 1. The van der Waals surface area contributed by atoms with Crippen molar-refractivity contribution in [2.24, 2.45) is 0 Å². The molecule has 0 spiro atoms. The number of ether oxygens (including phenoxy) is 2. The third-order valence-corrected chi connectivity index (χ3v) is 3.37. The van der Waals surface area contributed by atoms with E-state index in [9.17, 15) is 9.59 Å². The van der Waals surface area contributed by atoms with Gasteiger partial charge in [0.15, 0.2) is 0 Å². The number of nitrogens with zero attached hydrogens (tertiary/aromatic N) is 1. The summed E-state index contributed by atoms with van der Waals surface area (Å²) in [5.41, 5.74) is -0.475. The van der Waals surface area contributed by atoms with Gasteiger partial charge in [0.05, 0.1) is 12.7 Å². The molecule has 1 atom stereocenters. The molecule has 0 aliphatic carbocycles. The number of likely N-dealkylation sites (tertiary alicyclic amines) is 1. The quantitative estimate of drug-likeness (QED) is 0.721. The average Bonchev–Trinajstić information content (AvgIpc) is 2.42. The van der Waals surface area contributed by atoms with Gasteiger partial charge in [-0.15, -0.1) is 0 Å². The molecule has 7 heteroatoms. The molecule has 1 saturated heterocycles. The average molecular weight is 316 g/mol. The van der Waals surface area contributed by atoms with Crippen LogP contribution in [-0.4, -0.2) is 66.1 Å². The van der Waals surface area contributed by atoms with Crippen LogP contribution < -0.4 is 5.32 Å². The normalized spacial score (nSPS) is 18.1. The van der Waals surface area contributed by atoms with Gasteiger partial charge in [0.1, 0.15) is 11.6 Å². The summed E-state index contributed by atoms with van der Waals surface area (Å²) in [6, 6.07) is -0.572. The van der Waals surface area contributed by atoms with Gasteiger partial charge in [0.25, 0.3) is 0 Å². The van der Waals surface area contributed by atoms with Crippen molar-refractivity contribution >= 4 is 12.1 Å². The Balaban J connectivity index is 2.17. The molecule has 0 aromatic rings. The molecule has 1 amide bonds. The summed E-state index contributed by atoms with van der Waals surface area (Å²) in [4.78, 5) is 24.3. The molecule has 7 nitrogen and oxygen atoms in total. The Bertz CT molecular complexity index is 373. The van der Waals surface area contributed by atoms with Gasteiger partial charge in [0, 0.05) is 19.6 Å². The highest BCUT2D eigenvalue weighted by atomic mass is 16.6. The molecule has 1 aliphatic rings. The zero-order valence-electron chi connectivity index (χ0n) is 13.9. The van der Waals surface area contributed by atoms with E-state index in [1.165, 1.54) is 0 Å². The zero-order chi connectivity index (χ0) is 16.8. The van der Waals surface area contributed by atoms with Gasteiger partial charge in [-0.1, -0.05) is 0 Å². The van der Waals surface area contributed by atoms with Crippen LogP contribution in [-0.2, 0) is 14.3 Å². The third-order valence-electron chi connectivity index (χ3n) is 3.37. The highest BCUT2D eigenvalue weighted by Gasteiger charge is 2.27. The van der Waals surface area contributed by atoms with Crippen LogP contribution in [0, 0.1) is 0 Å². The standard InChI is InChI=1S/C15H28N2O5/c1-11(13(18)19)16-7-10-21-12-5-8-17(9-6-12)14(20)22-15(2,3)4/h11-12,16H,5-10H2,1-4H3,(H,18,19). The van der Waals surface area contributed by atoms with E-state index >= 15 is 0 Å². The van der Waals surface area contributed by atoms with E-state index in [-0.39, 0.29) is 12.2 Å². The second-order valence-electron chi connectivity index (χ2n) is 6.55. The third kappa shape index (κ3) is 7.09. The molecule has 0 radical (unpaired) electrons. The van der Waals surface area contributed by atoms with Gasteiger partial charge in [0.2, 0.25) is 0 Å². The van der Waals surface area contributed by atoms with Gasteiger partial charge < -0.3 is 24.8 Å². The second-order valence-corrected chi connectivity index (χ2v) is 6.55. The van der Waals surface area contributed by atoms with E-state index in [1.54, 1.807) is 11.8 Å². The van der Waals surface area contributed by atoms with Crippen molar-refractivity contribution in [2.75, 3.05) is 26.2 Å². The number of rotatable bonds is 6. The predicted octanol–water partition coefficient (Wildman–Crippen LogP) is 1.47. The number of amides is 1. The number of nitrogens with one attached hydrogen (secondary N) is 1. The van der Waals surface area contributed by atoms with Crippen molar-refractivity contribution in [1.29, 1.82) is 0 Å². The van der Waals surface area contributed by atoms with Crippen molar-refractivity contribution in [2.45, 2.75) is 58.3 Å². The van der Waals surface area contributed by atoms with E-state index in [1.807, 2.05) is 20.8 Å². The number of carbonyl (C=O) groups is 2. The van der Waals surface area contributed by atoms with Crippen LogP contribution in [0.2, 0.25) is 0 Å². The minimum absolute atomic E-state index is 0.112. The lowest BCUT2D eigenvalue weighted by atomic mass is 10.1. The molecular formula is C15H28N2O5. The van der Waals surface area contributed by atoms with Gasteiger partial charge >= 0.3 is 12.1 Å². The fourth-order valence-electron chi connectivity index (χ4n) is 2.12. The molecule has 1 fully saturated rings. The molecule has 128 valence electrons. The van der Waals surface area contributed by atoms with Crippen LogP contribution in [0.25, 0.3) is 0 Å². The van der Waals surface area contributed by atoms with Gasteiger partial charge in [-0.2, -0.15) is 0 Å². The van der Waals surface area contributed by atoms with Crippen molar-refractivity contribution in [1.82, 2.24) is 10.2 Å². The molecule has 2 N–H and O–H groups in total. The van der Waals surface area contributed by atoms with Crippen LogP contribution in [0.5, 0.6) is 0 Å². The zero-order valence-corrected chi connectivity index (χ0v) is 13.9. The minimum Gasteiger partial charge on any atom is -0.480 e. The summed E-state index contributed by atoms with van der Waals surface area (Å²) in [7, 11) is 0. The number of piperidine rings is 1. The molecule has 0 bridgehead atoms. The van der Waals surface area contributed by atoms with Crippen molar-refractivity contribution in [3.8, 4) is 0 Å². The van der Waals surface area contributed by atoms with E-state index in [0.717, 1.165) is 12.8 Å². The summed E-state index contributed by atoms with van der Waals surface area (Å²) in [5.74, 6) is -0.870. The van der Waals surface area contributed by atoms with Crippen LogP contribution in [0.15, 0.2) is 0 Å². The topological polar surface area (TPSA) is 88.1 Å². The number of carboxylic acids is 1. The SMILES string of the molecule is CC(NCCOC1CCN(C(=O)OC(C)(C)C)CC1)C(=O)O. The predicted molar refractivity (Wildman–Crippen MR) is 81.9 cm³/mol. The summed E-state index contributed by atoms with van der Waals surface area (Å²) < 4.78 is 11.0. The van der Waals surface area contributed by atoms with Crippen LogP contribution in [0.1, 0.15) is 40.5 Å². The van der Waals surface area contributed by atoms with Gasteiger partial charge in [-0.25, -0.2) is 4.79 Å². The molecule has 1 heterocycles. The molecular weight excluding hydrogens is 288 g/mol. The summed E-state index contributed by atoms with van der Waals surface area (Å²) in [5, 5.41) is 11.6. The Labute approximate surface area is 131 Å². The maximum Gasteiger partial charge on any atom is 0.410 e. The Hall–Kier alpha value is -1.34. The lowest BCUT2D eigenvalue weighted by molar-refractivity contribution is -0.139. The molecule has 0 aromatic carbocycles. The Morgan fingerprint density at radius 1 is 1.32 bits per heavy atom. The number of carboxylic acid groups (broad SMARTS) is 1. The Morgan fingerprint density at radius 3 is 2.41 bits per heavy atom. The van der Waals surface area contributed by atoms with Crippen molar-refractivity contribution < 1.29 is 24.2 Å². The molecule has 1 aliphatic heterocycles.